The van der Waals surface area contributed by atoms with Crippen LogP contribution in [0.25, 0.3) is 11.0 Å². The van der Waals surface area contributed by atoms with Crippen LogP contribution in [0.1, 0.15) is 69.3 Å². The summed E-state index contributed by atoms with van der Waals surface area (Å²) in [4.78, 5) is 49.0. The molecule has 1 aliphatic heterocycles. The van der Waals surface area contributed by atoms with Gasteiger partial charge in [0.2, 0.25) is 21.7 Å². The lowest BCUT2D eigenvalue weighted by Crippen LogP contribution is -2.48. The Labute approximate surface area is 255 Å². The van der Waals surface area contributed by atoms with E-state index in [1.165, 1.54) is 6.20 Å². The number of piperazine rings is 1. The number of sulfonamides is 1. The summed E-state index contributed by atoms with van der Waals surface area (Å²) in [5.41, 5.74) is -1.01. The van der Waals surface area contributed by atoms with Gasteiger partial charge in [-0.25, -0.2) is 22.2 Å². The average molecular weight is 634 g/mol. The Morgan fingerprint density at radius 3 is 2.45 bits per heavy atom. The van der Waals surface area contributed by atoms with Crippen LogP contribution in [0.15, 0.2) is 30.6 Å². The van der Waals surface area contributed by atoms with Gasteiger partial charge in [0.15, 0.2) is 5.82 Å². The molecule has 0 saturated carbocycles. The number of hydrogen-bond acceptors (Lipinski definition) is 8. The van der Waals surface area contributed by atoms with Crippen LogP contribution in [0.3, 0.4) is 0 Å². The fourth-order valence-corrected chi connectivity index (χ4v) is 6.10. The SMILES string of the molecule is CCCS(=O)(=O)Nc1ccc(F)c(C(=O)c2c[nH]c3ncc(N4CCN(C(=O)CCCC(=O)OC(C)(C)C)CC4)cc23)c1F. The van der Waals surface area contributed by atoms with Crippen LogP contribution in [0.4, 0.5) is 20.2 Å². The number of amides is 1. The molecule has 0 spiro atoms. The molecule has 3 aromatic rings. The van der Waals surface area contributed by atoms with Gasteiger partial charge in [-0.3, -0.25) is 19.1 Å². The van der Waals surface area contributed by atoms with E-state index in [4.69, 9.17) is 4.74 Å². The molecule has 1 aromatic carbocycles. The van der Waals surface area contributed by atoms with E-state index in [1.54, 1.807) is 44.9 Å². The molecule has 238 valence electrons. The molecular formula is C30H37F2N5O6S. The number of aromatic nitrogens is 2. The number of ketones is 1. The maximum atomic E-state index is 15.3. The minimum absolute atomic E-state index is 0.0282. The summed E-state index contributed by atoms with van der Waals surface area (Å²) in [6.45, 7) is 8.88. The lowest BCUT2D eigenvalue weighted by atomic mass is 10.0. The van der Waals surface area contributed by atoms with Crippen molar-refractivity contribution in [3.8, 4) is 0 Å². The van der Waals surface area contributed by atoms with Crippen LogP contribution in [0.2, 0.25) is 0 Å². The highest BCUT2D eigenvalue weighted by Gasteiger charge is 2.27. The van der Waals surface area contributed by atoms with Crippen LogP contribution in [-0.2, 0) is 24.3 Å². The standard InChI is InChI=1S/C30H37F2N5O6S/c1-5-15-44(41,42)35-23-10-9-22(31)26(27(23)32)28(40)21-18-34-29-20(21)16-19(17-33-29)36-11-13-37(14-12-36)24(38)7-6-8-25(39)43-30(2,3)4/h9-10,16-18,35H,5-8,11-15H2,1-4H3,(H,33,34). The van der Waals surface area contributed by atoms with Gasteiger partial charge < -0.3 is 19.5 Å². The predicted molar refractivity (Wildman–Crippen MR) is 162 cm³/mol. The van der Waals surface area contributed by atoms with Crippen molar-refractivity contribution in [2.45, 2.75) is 59.0 Å². The smallest absolute Gasteiger partial charge is 0.306 e. The number of carbonyl (C=O) groups excluding carboxylic acids is 3. The number of carbonyl (C=O) groups is 3. The zero-order valence-electron chi connectivity index (χ0n) is 25.2. The minimum atomic E-state index is -3.88. The molecule has 44 heavy (non-hydrogen) atoms. The molecule has 1 amide bonds. The summed E-state index contributed by atoms with van der Waals surface area (Å²) in [6.07, 6.45) is 4.00. The van der Waals surface area contributed by atoms with Crippen molar-refractivity contribution < 1.29 is 36.3 Å². The van der Waals surface area contributed by atoms with Crippen LogP contribution < -0.4 is 9.62 Å². The number of esters is 1. The fraction of sp³-hybridized carbons (Fsp3) is 0.467. The molecule has 0 unspecified atom stereocenters. The van der Waals surface area contributed by atoms with Gasteiger partial charge in [0, 0.05) is 56.2 Å². The van der Waals surface area contributed by atoms with Crippen LogP contribution >= 0.6 is 0 Å². The quantitative estimate of drug-likeness (QED) is 0.234. The number of ether oxygens (including phenoxy) is 1. The van der Waals surface area contributed by atoms with Gasteiger partial charge in [0.1, 0.15) is 17.1 Å². The predicted octanol–water partition coefficient (Wildman–Crippen LogP) is 4.38. The third-order valence-corrected chi connectivity index (χ3v) is 8.48. The first kappa shape index (κ1) is 32.8. The van der Waals surface area contributed by atoms with Crippen molar-refractivity contribution in [3.05, 3.63) is 53.4 Å². The first-order chi connectivity index (χ1) is 20.7. The first-order valence-electron chi connectivity index (χ1n) is 14.4. The van der Waals surface area contributed by atoms with Gasteiger partial charge in [-0.05, 0) is 51.8 Å². The monoisotopic (exact) mass is 633 g/mol. The molecule has 1 saturated heterocycles. The van der Waals surface area contributed by atoms with E-state index in [9.17, 15) is 27.2 Å². The summed E-state index contributed by atoms with van der Waals surface area (Å²) in [5.74, 6) is -4.06. The molecule has 0 radical (unpaired) electrons. The van der Waals surface area contributed by atoms with E-state index in [0.29, 0.717) is 49.3 Å². The third kappa shape index (κ3) is 7.90. The summed E-state index contributed by atoms with van der Waals surface area (Å²) in [6, 6.07) is 3.47. The Bertz CT molecular complexity index is 1660. The second-order valence-corrected chi connectivity index (χ2v) is 13.5. The molecular weight excluding hydrogens is 596 g/mol. The highest BCUT2D eigenvalue weighted by atomic mass is 32.2. The molecule has 1 aliphatic rings. The number of anilines is 2. The number of nitrogens with zero attached hydrogens (tertiary/aromatic N) is 3. The molecule has 14 heteroatoms. The van der Waals surface area contributed by atoms with Gasteiger partial charge >= 0.3 is 5.97 Å². The third-order valence-electron chi connectivity index (χ3n) is 7.01. The van der Waals surface area contributed by atoms with E-state index < -0.39 is 44.3 Å². The fourth-order valence-electron chi connectivity index (χ4n) is 4.96. The second-order valence-electron chi connectivity index (χ2n) is 11.6. The molecule has 11 nitrogen and oxygen atoms in total. The Kier molecular flexibility index (Phi) is 9.91. The number of pyridine rings is 1. The molecule has 0 atom stereocenters. The van der Waals surface area contributed by atoms with Gasteiger partial charge in [-0.2, -0.15) is 0 Å². The maximum Gasteiger partial charge on any atom is 0.306 e. The molecule has 0 bridgehead atoms. The summed E-state index contributed by atoms with van der Waals surface area (Å²) in [5, 5.41) is 0.337. The zero-order chi connectivity index (χ0) is 32.2. The molecule has 2 N–H and O–H groups in total. The van der Waals surface area contributed by atoms with Gasteiger partial charge in [0.05, 0.1) is 28.9 Å². The van der Waals surface area contributed by atoms with Gasteiger partial charge in [-0.15, -0.1) is 0 Å². The number of fused-ring (bicyclic) bond motifs is 1. The normalized spacial score (nSPS) is 14.1. The number of hydrogen-bond donors (Lipinski definition) is 2. The minimum Gasteiger partial charge on any atom is -0.460 e. The van der Waals surface area contributed by atoms with Crippen LogP contribution in [0.5, 0.6) is 0 Å². The molecule has 3 heterocycles. The van der Waals surface area contributed by atoms with E-state index >= 15 is 4.39 Å². The van der Waals surface area contributed by atoms with Gasteiger partial charge in [-0.1, -0.05) is 6.92 Å². The highest BCUT2D eigenvalue weighted by molar-refractivity contribution is 7.92. The lowest BCUT2D eigenvalue weighted by molar-refractivity contribution is -0.154. The van der Waals surface area contributed by atoms with Crippen molar-refractivity contribution in [1.29, 1.82) is 0 Å². The molecule has 0 aliphatic carbocycles. The van der Waals surface area contributed by atoms with Crippen LogP contribution in [-0.4, -0.2) is 78.5 Å². The number of H-pyrrole nitrogens is 1. The Balaban J connectivity index is 1.45. The topological polar surface area (TPSA) is 142 Å². The summed E-state index contributed by atoms with van der Waals surface area (Å²) in [7, 11) is -3.88. The highest BCUT2D eigenvalue weighted by Crippen LogP contribution is 2.29. The maximum absolute atomic E-state index is 15.3. The van der Waals surface area contributed by atoms with E-state index in [1.807, 2.05) is 4.90 Å². The Morgan fingerprint density at radius 2 is 1.80 bits per heavy atom. The van der Waals surface area contributed by atoms with Crippen molar-refractivity contribution in [2.24, 2.45) is 0 Å². The lowest BCUT2D eigenvalue weighted by Gasteiger charge is -2.36. The number of nitrogens with one attached hydrogen (secondary N) is 2. The van der Waals surface area contributed by atoms with E-state index in [2.05, 4.69) is 14.7 Å². The number of halogens is 2. The Hall–Kier alpha value is -4.07. The number of aromatic amines is 1. The molecule has 1 fully saturated rings. The van der Waals surface area contributed by atoms with Crippen molar-refractivity contribution in [2.75, 3.05) is 41.6 Å². The number of benzene rings is 1. The van der Waals surface area contributed by atoms with Gasteiger partial charge in [0.25, 0.3) is 0 Å². The average Bonchev–Trinajstić information content (AvgIpc) is 3.37. The van der Waals surface area contributed by atoms with Crippen molar-refractivity contribution in [3.63, 3.8) is 0 Å². The molecule has 2 aromatic heterocycles. The van der Waals surface area contributed by atoms with Crippen molar-refractivity contribution in [1.82, 2.24) is 14.9 Å². The van der Waals surface area contributed by atoms with Crippen molar-refractivity contribution >= 4 is 50.1 Å². The zero-order valence-corrected chi connectivity index (χ0v) is 26.0. The largest absolute Gasteiger partial charge is 0.460 e. The van der Waals surface area contributed by atoms with Crippen LogP contribution in [0, 0.1) is 11.6 Å². The summed E-state index contributed by atoms with van der Waals surface area (Å²) < 4.78 is 61.8. The first-order valence-corrected chi connectivity index (χ1v) is 16.1. The van der Waals surface area contributed by atoms with E-state index in [-0.39, 0.29) is 42.5 Å². The number of rotatable bonds is 11. The Morgan fingerprint density at radius 1 is 1.09 bits per heavy atom. The molecule has 4 rings (SSSR count). The summed E-state index contributed by atoms with van der Waals surface area (Å²) >= 11 is 0. The second kappa shape index (κ2) is 13.3. The van der Waals surface area contributed by atoms with E-state index in [0.717, 1.165) is 12.1 Å².